The van der Waals surface area contributed by atoms with Crippen LogP contribution in [0.25, 0.3) is 11.1 Å². The fourth-order valence-corrected chi connectivity index (χ4v) is 6.92. The molecule has 0 unspecified atom stereocenters. The van der Waals surface area contributed by atoms with Gasteiger partial charge in [0.25, 0.3) is 0 Å². The molecule has 0 bridgehead atoms. The number of hydrogen-bond donors (Lipinski definition) is 3. The molecule has 1 aliphatic heterocycles. The Hall–Kier alpha value is -5.39. The average molecular weight is 743 g/mol. The van der Waals surface area contributed by atoms with Crippen molar-refractivity contribution in [1.82, 2.24) is 20.5 Å². The molecule has 1 saturated heterocycles. The van der Waals surface area contributed by atoms with Gasteiger partial charge in [0.15, 0.2) is 6.29 Å². The summed E-state index contributed by atoms with van der Waals surface area (Å²) in [6.45, 7) is 3.97. The van der Waals surface area contributed by atoms with Gasteiger partial charge in [-0.15, -0.1) is 0 Å². The van der Waals surface area contributed by atoms with Crippen LogP contribution in [0, 0.1) is 5.92 Å². The van der Waals surface area contributed by atoms with Gasteiger partial charge in [-0.3, -0.25) is 4.98 Å². The first-order chi connectivity index (χ1) is 26.8. The van der Waals surface area contributed by atoms with Crippen molar-refractivity contribution in [2.45, 2.75) is 57.5 Å². The van der Waals surface area contributed by atoms with Gasteiger partial charge in [-0.05, 0) is 52.6 Å². The molecule has 10 heteroatoms. The number of nitrogens with zero attached hydrogens (tertiary/aromatic N) is 2. The van der Waals surface area contributed by atoms with Crippen molar-refractivity contribution in [3.63, 3.8) is 0 Å². The lowest BCUT2D eigenvalue weighted by molar-refractivity contribution is -0.275. The number of aliphatic hydroxyl groups excluding tert-OH is 1. The Morgan fingerprint density at radius 1 is 0.855 bits per heavy atom. The van der Waals surface area contributed by atoms with Crippen molar-refractivity contribution in [2.75, 3.05) is 27.2 Å². The summed E-state index contributed by atoms with van der Waals surface area (Å²) in [6, 6.07) is 38.2. The number of carbonyl (C=O) groups excluding carboxylic acids is 2. The molecule has 4 aromatic carbocycles. The van der Waals surface area contributed by atoms with Crippen molar-refractivity contribution in [2.24, 2.45) is 5.92 Å². The second-order valence-corrected chi connectivity index (χ2v) is 14.0. The predicted octanol–water partition coefficient (Wildman–Crippen LogP) is 6.79. The molecule has 0 aliphatic carbocycles. The highest BCUT2D eigenvalue weighted by atomic mass is 16.7. The number of hydrogen-bond acceptors (Lipinski definition) is 8. The summed E-state index contributed by atoms with van der Waals surface area (Å²) in [5, 5.41) is 15.3. The number of benzene rings is 4. The zero-order valence-corrected chi connectivity index (χ0v) is 31.6. The monoisotopic (exact) mass is 742 g/mol. The molecule has 55 heavy (non-hydrogen) atoms. The van der Waals surface area contributed by atoms with Crippen LogP contribution in [-0.4, -0.2) is 66.4 Å². The summed E-state index contributed by atoms with van der Waals surface area (Å²) < 4.78 is 18.4. The van der Waals surface area contributed by atoms with Crippen LogP contribution in [0.1, 0.15) is 52.8 Å². The summed E-state index contributed by atoms with van der Waals surface area (Å²) in [7, 11) is 3.43. The molecule has 10 nitrogen and oxygen atoms in total. The third kappa shape index (κ3) is 10.6. The number of rotatable bonds is 15. The van der Waals surface area contributed by atoms with Gasteiger partial charge in [-0.1, -0.05) is 116 Å². The van der Waals surface area contributed by atoms with Crippen LogP contribution >= 0.6 is 0 Å². The highest BCUT2D eigenvalue weighted by molar-refractivity contribution is 5.84. The zero-order valence-electron chi connectivity index (χ0n) is 31.6. The van der Waals surface area contributed by atoms with E-state index >= 15 is 0 Å². The molecule has 1 aliphatic rings. The van der Waals surface area contributed by atoms with Gasteiger partial charge >= 0.3 is 12.0 Å². The third-order valence-electron chi connectivity index (χ3n) is 10.1. The molecule has 5 aromatic rings. The van der Waals surface area contributed by atoms with Gasteiger partial charge in [0.1, 0.15) is 6.04 Å². The van der Waals surface area contributed by atoms with Crippen LogP contribution in [0.15, 0.2) is 128 Å². The maximum Gasteiger partial charge on any atom is 0.328 e. The van der Waals surface area contributed by atoms with Gasteiger partial charge in [-0.2, -0.15) is 0 Å². The normalized spacial score (nSPS) is 18.7. The molecule has 2 heterocycles. The van der Waals surface area contributed by atoms with E-state index in [1.807, 2.05) is 121 Å². The van der Waals surface area contributed by atoms with Crippen molar-refractivity contribution >= 4 is 12.0 Å². The summed E-state index contributed by atoms with van der Waals surface area (Å²) in [6.07, 6.45) is 2.06. The molecule has 0 saturated carbocycles. The summed E-state index contributed by atoms with van der Waals surface area (Å²) in [4.78, 5) is 32.3. The lowest BCUT2D eigenvalue weighted by Crippen LogP contribution is -2.47. The van der Waals surface area contributed by atoms with E-state index in [1.165, 1.54) is 7.11 Å². The molecule has 6 rings (SSSR count). The minimum atomic E-state index is -0.825. The number of likely N-dealkylation sites (N-methyl/N-ethyl adjacent to an activating group) is 1. The number of nitrogens with one attached hydrogen (secondary N) is 2. The molecule has 1 fully saturated rings. The fraction of sp³-hybridized carbons (Fsp3) is 0.311. The molecule has 5 atom stereocenters. The van der Waals surface area contributed by atoms with E-state index in [9.17, 15) is 14.7 Å². The lowest BCUT2D eigenvalue weighted by atomic mass is 9.90. The topological polar surface area (TPSA) is 122 Å². The Morgan fingerprint density at radius 2 is 1.56 bits per heavy atom. The summed E-state index contributed by atoms with van der Waals surface area (Å²) >= 11 is 0. The van der Waals surface area contributed by atoms with E-state index in [0.29, 0.717) is 6.42 Å². The van der Waals surface area contributed by atoms with Crippen LogP contribution in [0.4, 0.5) is 4.79 Å². The van der Waals surface area contributed by atoms with E-state index < -0.39 is 24.3 Å². The SMILES string of the molecule is COC(=O)[C@H](Cc1ccccc1)NC(=O)NCc1ccccc1-c1ccc([C@@H]2O[C@H](CN(C)CCc3ccccn3)[C@H](C)[C@H](c3ccc(CO)cc3)O2)cc1. The standard InChI is InChI=1S/C45H50N4O6/c1-31-41(29-49(2)26-24-38-14-9-10-25-46-38)54-44(55-42(31)35-18-16-33(30-50)17-19-35)36-22-20-34(21-23-36)39-15-8-7-13-37(39)28-47-45(52)48-40(43(51)53-3)27-32-11-5-4-6-12-32/h4-23,25,31,40-42,44,50H,24,26-30H2,1-3H3,(H2,47,48,52)/t31-,40-,41+,42+,44+/m0/s1. The smallest absolute Gasteiger partial charge is 0.328 e. The van der Waals surface area contributed by atoms with E-state index in [0.717, 1.165) is 64.1 Å². The first kappa shape index (κ1) is 39.3. The Kier molecular flexibility index (Phi) is 13.8. The second kappa shape index (κ2) is 19.3. The lowest BCUT2D eigenvalue weighted by Gasteiger charge is -2.42. The summed E-state index contributed by atoms with van der Waals surface area (Å²) in [5.74, 6) is -0.449. The number of pyridine rings is 1. The Balaban J connectivity index is 1.14. The molecular weight excluding hydrogens is 693 g/mol. The van der Waals surface area contributed by atoms with Gasteiger partial charge in [-0.25, -0.2) is 9.59 Å². The largest absolute Gasteiger partial charge is 0.467 e. The molecular formula is C45H50N4O6. The van der Waals surface area contributed by atoms with Crippen LogP contribution in [0.3, 0.4) is 0 Å². The molecule has 3 N–H and O–H groups in total. The van der Waals surface area contributed by atoms with Crippen LogP contribution in [0.5, 0.6) is 0 Å². The summed E-state index contributed by atoms with van der Waals surface area (Å²) in [5.41, 5.74) is 7.63. The number of carbonyl (C=O) groups is 2. The zero-order chi connectivity index (χ0) is 38.6. The van der Waals surface area contributed by atoms with E-state index in [-0.39, 0.29) is 31.3 Å². The number of methoxy groups -OCH3 is 1. The van der Waals surface area contributed by atoms with Gasteiger partial charge in [0, 0.05) is 55.8 Å². The Morgan fingerprint density at radius 3 is 2.27 bits per heavy atom. The highest BCUT2D eigenvalue weighted by Crippen LogP contribution is 2.42. The molecule has 0 radical (unpaired) electrons. The number of esters is 1. The third-order valence-corrected chi connectivity index (χ3v) is 10.1. The molecule has 0 spiro atoms. The maximum atomic E-state index is 13.0. The fourth-order valence-electron chi connectivity index (χ4n) is 6.92. The van der Waals surface area contributed by atoms with Crippen LogP contribution in [0.2, 0.25) is 0 Å². The van der Waals surface area contributed by atoms with Crippen molar-refractivity contribution in [3.05, 3.63) is 161 Å². The van der Waals surface area contributed by atoms with Crippen LogP contribution < -0.4 is 10.6 Å². The Labute approximate surface area is 323 Å². The Bertz CT molecular complexity index is 1960. The molecule has 286 valence electrons. The molecule has 2 amide bonds. The first-order valence-electron chi connectivity index (χ1n) is 18.7. The number of urea groups is 1. The number of ether oxygens (including phenoxy) is 3. The minimum Gasteiger partial charge on any atom is -0.467 e. The van der Waals surface area contributed by atoms with E-state index in [1.54, 1.807) is 0 Å². The van der Waals surface area contributed by atoms with E-state index in [2.05, 4.69) is 40.6 Å². The maximum absolute atomic E-state index is 13.0. The number of aromatic nitrogens is 1. The quantitative estimate of drug-likeness (QED) is 0.100. The second-order valence-electron chi connectivity index (χ2n) is 14.0. The first-order valence-corrected chi connectivity index (χ1v) is 18.7. The number of amides is 2. The highest BCUT2D eigenvalue weighted by Gasteiger charge is 2.38. The van der Waals surface area contributed by atoms with Crippen molar-refractivity contribution in [3.8, 4) is 11.1 Å². The van der Waals surface area contributed by atoms with Gasteiger partial charge < -0.3 is 34.9 Å². The number of aliphatic hydroxyl groups is 1. The average Bonchev–Trinajstić information content (AvgIpc) is 3.23. The van der Waals surface area contributed by atoms with Gasteiger partial charge in [0.05, 0.1) is 25.9 Å². The van der Waals surface area contributed by atoms with Crippen molar-refractivity contribution < 1.29 is 28.9 Å². The van der Waals surface area contributed by atoms with Crippen LogP contribution in [-0.2, 0) is 45.0 Å². The van der Waals surface area contributed by atoms with Gasteiger partial charge in [0.2, 0.25) is 0 Å². The van der Waals surface area contributed by atoms with Crippen molar-refractivity contribution in [1.29, 1.82) is 0 Å². The van der Waals surface area contributed by atoms with E-state index in [4.69, 9.17) is 14.2 Å². The predicted molar refractivity (Wildman–Crippen MR) is 212 cm³/mol. The molecule has 1 aromatic heterocycles. The minimum absolute atomic E-state index is 0.0138.